The largest absolute Gasteiger partial charge is 0.398 e. The van der Waals surface area contributed by atoms with Crippen molar-refractivity contribution in [3.05, 3.63) is 23.8 Å². The van der Waals surface area contributed by atoms with Crippen LogP contribution in [0.5, 0.6) is 0 Å². The molecule has 9 heteroatoms. The first-order valence-corrected chi connectivity index (χ1v) is 9.68. The minimum absolute atomic E-state index is 0.131. The van der Waals surface area contributed by atoms with Crippen LogP contribution in [0.2, 0.25) is 0 Å². The molecule has 2 rings (SSSR count). The van der Waals surface area contributed by atoms with Crippen molar-refractivity contribution in [2.75, 3.05) is 24.6 Å². The molecule has 1 aliphatic rings. The molecule has 1 heterocycles. The van der Waals surface area contributed by atoms with E-state index in [1.807, 2.05) is 6.92 Å². The van der Waals surface area contributed by atoms with Crippen LogP contribution < -0.4 is 10.9 Å². The molecule has 0 aliphatic carbocycles. The maximum Gasteiger partial charge on any atom is 0.243 e. The van der Waals surface area contributed by atoms with Crippen molar-refractivity contribution in [3.63, 3.8) is 0 Å². The Bertz CT molecular complexity index is 738. The number of hydrogen-bond donors (Lipinski definition) is 2. The van der Waals surface area contributed by atoms with Gasteiger partial charge in [-0.2, -0.15) is 4.31 Å². The van der Waals surface area contributed by atoms with Crippen LogP contribution in [0, 0.1) is 5.92 Å². The van der Waals surface area contributed by atoms with Gasteiger partial charge in [-0.05, 0) is 24.1 Å². The molecule has 0 saturated carbocycles. The summed E-state index contributed by atoms with van der Waals surface area (Å²) >= 11 is 0. The quantitative estimate of drug-likeness (QED) is 0.719. The van der Waals surface area contributed by atoms with Crippen LogP contribution in [0.15, 0.2) is 23.1 Å². The average molecular weight is 333 g/mol. The molecule has 0 unspecified atom stereocenters. The molecule has 1 aromatic rings. The molecule has 4 N–H and O–H groups in total. The zero-order valence-corrected chi connectivity index (χ0v) is 13.3. The summed E-state index contributed by atoms with van der Waals surface area (Å²) in [5, 5.41) is 4.95. The lowest BCUT2D eigenvalue weighted by Gasteiger charge is -2.37. The average Bonchev–Trinajstić information content (AvgIpc) is 2.31. The maximum atomic E-state index is 12.4. The van der Waals surface area contributed by atoms with Gasteiger partial charge in [-0.15, -0.1) is 0 Å². The zero-order valence-electron chi connectivity index (χ0n) is 11.7. The minimum Gasteiger partial charge on any atom is -0.398 e. The van der Waals surface area contributed by atoms with Gasteiger partial charge in [-0.25, -0.2) is 22.0 Å². The van der Waals surface area contributed by atoms with E-state index in [0.29, 0.717) is 5.69 Å². The monoisotopic (exact) mass is 333 g/mol. The number of aryl methyl sites for hydroxylation is 1. The van der Waals surface area contributed by atoms with E-state index >= 15 is 0 Å². The van der Waals surface area contributed by atoms with Crippen LogP contribution in [0.25, 0.3) is 0 Å². The number of benzene rings is 1. The van der Waals surface area contributed by atoms with Crippen LogP contribution >= 0.6 is 0 Å². The summed E-state index contributed by atoms with van der Waals surface area (Å²) < 4.78 is 47.9. The molecule has 118 valence electrons. The van der Waals surface area contributed by atoms with Crippen LogP contribution in [-0.4, -0.2) is 40.0 Å². The Morgan fingerprint density at radius 2 is 1.86 bits per heavy atom. The highest BCUT2D eigenvalue weighted by atomic mass is 32.2. The van der Waals surface area contributed by atoms with Gasteiger partial charge in [0.2, 0.25) is 20.0 Å². The van der Waals surface area contributed by atoms with Crippen molar-refractivity contribution < 1.29 is 16.8 Å². The van der Waals surface area contributed by atoms with Crippen molar-refractivity contribution in [1.82, 2.24) is 4.31 Å². The van der Waals surface area contributed by atoms with Crippen LogP contribution in [0.3, 0.4) is 0 Å². The molecule has 1 fully saturated rings. The summed E-state index contributed by atoms with van der Waals surface area (Å²) in [5.74, 6) is -0.447. The highest BCUT2D eigenvalue weighted by Crippen LogP contribution is 2.27. The molecule has 1 aromatic carbocycles. The first-order valence-electron chi connectivity index (χ1n) is 6.52. The zero-order chi connectivity index (χ0) is 15.8. The Hall–Kier alpha value is -1.16. The predicted molar refractivity (Wildman–Crippen MR) is 80.5 cm³/mol. The second-order valence-electron chi connectivity index (χ2n) is 5.23. The SMILES string of the molecule is CCc1ccc(S(=O)(=O)N2CC(CS(N)(=O)=O)C2)cc1N. The van der Waals surface area contributed by atoms with Crippen LogP contribution in [0.1, 0.15) is 12.5 Å². The molecule has 0 aromatic heterocycles. The number of hydrogen-bond acceptors (Lipinski definition) is 5. The van der Waals surface area contributed by atoms with Crippen molar-refractivity contribution in [1.29, 1.82) is 0 Å². The van der Waals surface area contributed by atoms with E-state index in [4.69, 9.17) is 10.9 Å². The van der Waals surface area contributed by atoms with Crippen molar-refractivity contribution >= 4 is 25.7 Å². The molecular weight excluding hydrogens is 314 g/mol. The first-order chi connectivity index (χ1) is 9.63. The molecule has 0 amide bonds. The van der Waals surface area contributed by atoms with Crippen molar-refractivity contribution in [2.45, 2.75) is 18.2 Å². The molecule has 0 bridgehead atoms. The highest BCUT2D eigenvalue weighted by Gasteiger charge is 2.38. The van der Waals surface area contributed by atoms with E-state index in [1.54, 1.807) is 6.07 Å². The summed E-state index contributed by atoms with van der Waals surface area (Å²) in [6.45, 7) is 2.26. The lowest BCUT2D eigenvalue weighted by atomic mass is 10.1. The normalized spacial score (nSPS) is 17.6. The summed E-state index contributed by atoms with van der Waals surface area (Å²) in [4.78, 5) is 0.131. The predicted octanol–water partition coefficient (Wildman–Crippen LogP) is -0.260. The molecule has 21 heavy (non-hydrogen) atoms. The van der Waals surface area contributed by atoms with Crippen molar-refractivity contribution in [2.24, 2.45) is 11.1 Å². The third-order valence-electron chi connectivity index (χ3n) is 3.53. The van der Waals surface area contributed by atoms with E-state index in [1.165, 1.54) is 16.4 Å². The van der Waals surface area contributed by atoms with Gasteiger partial charge in [0.1, 0.15) is 0 Å². The fourth-order valence-electron chi connectivity index (χ4n) is 2.36. The van der Waals surface area contributed by atoms with Gasteiger partial charge in [0.05, 0.1) is 10.6 Å². The summed E-state index contributed by atoms with van der Waals surface area (Å²) in [7, 11) is -7.20. The van der Waals surface area contributed by atoms with Gasteiger partial charge in [-0.3, -0.25) is 0 Å². The maximum absolute atomic E-state index is 12.4. The Balaban J connectivity index is 2.12. The Labute approximate surface area is 125 Å². The summed E-state index contributed by atoms with van der Waals surface area (Å²) in [6.07, 6.45) is 0.728. The summed E-state index contributed by atoms with van der Waals surface area (Å²) in [5.41, 5.74) is 7.16. The van der Waals surface area contributed by atoms with E-state index in [-0.39, 0.29) is 29.7 Å². The number of nitrogens with two attached hydrogens (primary N) is 2. The standard InChI is InChI=1S/C12H19N3O4S2/c1-2-10-3-4-11(5-12(10)13)21(18,19)15-6-9(7-15)8-20(14,16)17/h3-5,9H,2,6-8,13H2,1H3,(H2,14,16,17). The molecule has 1 saturated heterocycles. The molecule has 0 atom stereocenters. The minimum atomic E-state index is -3.62. The van der Waals surface area contributed by atoms with Gasteiger partial charge >= 0.3 is 0 Å². The number of anilines is 1. The lowest BCUT2D eigenvalue weighted by Crippen LogP contribution is -2.52. The number of nitrogen functional groups attached to an aromatic ring is 1. The Morgan fingerprint density at radius 1 is 1.24 bits per heavy atom. The molecule has 7 nitrogen and oxygen atoms in total. The highest BCUT2D eigenvalue weighted by molar-refractivity contribution is 7.89. The third kappa shape index (κ3) is 3.54. The smallest absolute Gasteiger partial charge is 0.243 e. The fourth-order valence-corrected chi connectivity index (χ4v) is 4.85. The van der Waals surface area contributed by atoms with Gasteiger partial charge in [-0.1, -0.05) is 13.0 Å². The molecular formula is C12H19N3O4S2. The van der Waals surface area contributed by atoms with E-state index in [9.17, 15) is 16.8 Å². The van der Waals surface area contributed by atoms with Crippen LogP contribution in [0.4, 0.5) is 5.69 Å². The van der Waals surface area contributed by atoms with E-state index in [2.05, 4.69) is 0 Å². The van der Waals surface area contributed by atoms with E-state index in [0.717, 1.165) is 12.0 Å². The lowest BCUT2D eigenvalue weighted by molar-refractivity contribution is 0.220. The van der Waals surface area contributed by atoms with Gasteiger partial charge in [0.15, 0.2) is 0 Å². The van der Waals surface area contributed by atoms with Gasteiger partial charge in [0, 0.05) is 24.7 Å². The molecule has 0 radical (unpaired) electrons. The topological polar surface area (TPSA) is 124 Å². The Morgan fingerprint density at radius 3 is 2.33 bits per heavy atom. The van der Waals surface area contributed by atoms with Crippen molar-refractivity contribution in [3.8, 4) is 0 Å². The molecule has 1 aliphatic heterocycles. The number of sulfonamides is 2. The second kappa shape index (κ2) is 5.56. The van der Waals surface area contributed by atoms with E-state index < -0.39 is 20.0 Å². The number of nitrogens with zero attached hydrogens (tertiary/aromatic N) is 1. The Kier molecular flexibility index (Phi) is 4.29. The first kappa shape index (κ1) is 16.2. The third-order valence-corrected chi connectivity index (χ3v) is 6.29. The summed E-state index contributed by atoms with van der Waals surface area (Å²) in [6, 6.07) is 4.67. The fraction of sp³-hybridized carbons (Fsp3) is 0.500. The molecule has 0 spiro atoms. The second-order valence-corrected chi connectivity index (χ2v) is 8.83. The number of primary sulfonamides is 1. The number of rotatable bonds is 5. The van der Waals surface area contributed by atoms with Crippen LogP contribution in [-0.2, 0) is 26.5 Å². The van der Waals surface area contributed by atoms with Gasteiger partial charge < -0.3 is 5.73 Å². The van der Waals surface area contributed by atoms with Gasteiger partial charge in [0.25, 0.3) is 0 Å².